The van der Waals surface area contributed by atoms with Crippen LogP contribution in [0.3, 0.4) is 0 Å². The van der Waals surface area contributed by atoms with E-state index < -0.39 is 22.3 Å². The molecular weight excluding hydrogens is 298 g/mol. The summed E-state index contributed by atoms with van der Waals surface area (Å²) in [5.41, 5.74) is 0. The van der Waals surface area contributed by atoms with Gasteiger partial charge in [0, 0.05) is 9.66 Å². The molecule has 0 heterocycles. The average molecular weight is 302 g/mol. The first kappa shape index (κ1) is 12.1. The van der Waals surface area contributed by atoms with Crippen molar-refractivity contribution in [2.45, 2.75) is 12.1 Å². The lowest BCUT2D eigenvalue weighted by Crippen LogP contribution is -2.34. The van der Waals surface area contributed by atoms with Gasteiger partial charge in [-0.15, -0.1) is 0 Å². The number of hydrogen-bond donors (Lipinski definition) is 1. The van der Waals surface area contributed by atoms with Gasteiger partial charge >= 0.3 is 12.1 Å². The van der Waals surface area contributed by atoms with Gasteiger partial charge in [0.1, 0.15) is 0 Å². The Morgan fingerprint density at radius 1 is 1.25 bits per heavy atom. The Labute approximate surface area is 78.4 Å². The van der Waals surface area contributed by atoms with E-state index in [-0.39, 0.29) is 6.08 Å². The predicted molar refractivity (Wildman–Crippen MR) is 40.2 cm³/mol. The summed E-state index contributed by atoms with van der Waals surface area (Å²) >= 11 is 1.20. The van der Waals surface area contributed by atoms with Crippen molar-refractivity contribution in [1.29, 1.82) is 0 Å². The van der Waals surface area contributed by atoms with Crippen molar-refractivity contribution < 1.29 is 27.1 Å². The summed E-state index contributed by atoms with van der Waals surface area (Å²) in [5.74, 6) is -4.87. The van der Waals surface area contributed by atoms with E-state index in [1.165, 1.54) is 22.6 Å². The van der Waals surface area contributed by atoms with Gasteiger partial charge in [0.25, 0.3) is 0 Å². The average Bonchev–Trinajstić information content (AvgIpc) is 1.84. The molecule has 0 bridgehead atoms. The van der Waals surface area contributed by atoms with Crippen molar-refractivity contribution in [2.75, 3.05) is 6.61 Å². The van der Waals surface area contributed by atoms with E-state index in [1.807, 2.05) is 0 Å². The fraction of sp³-hybridized carbons (Fsp3) is 0.600. The quantitative estimate of drug-likeness (QED) is 0.614. The number of hydrogen-bond acceptors (Lipinski definition) is 1. The standard InChI is InChI=1S/C5H4F5IO/c6-4(7,5(8,9)10)1-3(11)2-12/h1,12H,2H2. The smallest absolute Gasteiger partial charge is 0.391 e. The molecule has 12 heavy (non-hydrogen) atoms. The third-order valence-corrected chi connectivity index (χ3v) is 1.52. The maximum Gasteiger partial charge on any atom is 0.457 e. The Bertz CT molecular complexity index is 185. The lowest BCUT2D eigenvalue weighted by Gasteiger charge is -2.15. The molecule has 0 saturated carbocycles. The molecule has 0 aliphatic rings. The lowest BCUT2D eigenvalue weighted by molar-refractivity contribution is -0.259. The first-order chi connectivity index (χ1) is 5.20. The van der Waals surface area contributed by atoms with E-state index in [0.717, 1.165) is 0 Å². The van der Waals surface area contributed by atoms with Crippen molar-refractivity contribution in [3.8, 4) is 0 Å². The van der Waals surface area contributed by atoms with Crippen LogP contribution in [0.2, 0.25) is 0 Å². The van der Waals surface area contributed by atoms with Crippen LogP contribution in [0, 0.1) is 0 Å². The van der Waals surface area contributed by atoms with Crippen LogP contribution < -0.4 is 0 Å². The third-order valence-electron chi connectivity index (χ3n) is 0.867. The molecule has 0 amide bonds. The summed E-state index contributed by atoms with van der Waals surface area (Å²) in [6.07, 6.45) is -5.91. The van der Waals surface area contributed by atoms with E-state index in [4.69, 9.17) is 5.11 Å². The number of alkyl halides is 5. The highest BCUT2D eigenvalue weighted by molar-refractivity contribution is 14.1. The molecule has 0 spiro atoms. The maximum atomic E-state index is 12.1. The van der Waals surface area contributed by atoms with Crippen LogP contribution >= 0.6 is 22.6 Å². The highest BCUT2D eigenvalue weighted by atomic mass is 127. The molecule has 0 aromatic carbocycles. The molecule has 1 nitrogen and oxygen atoms in total. The molecule has 0 aliphatic carbocycles. The van der Waals surface area contributed by atoms with E-state index in [9.17, 15) is 22.0 Å². The van der Waals surface area contributed by atoms with Gasteiger partial charge in [-0.25, -0.2) is 0 Å². The summed E-state index contributed by atoms with van der Waals surface area (Å²) in [5, 5.41) is 8.19. The highest BCUT2D eigenvalue weighted by Crippen LogP contribution is 2.37. The number of allylic oxidation sites excluding steroid dienone is 1. The molecule has 1 N–H and O–H groups in total. The van der Waals surface area contributed by atoms with Crippen LogP contribution in [0.5, 0.6) is 0 Å². The van der Waals surface area contributed by atoms with Crippen LogP contribution in [-0.4, -0.2) is 23.8 Å². The molecule has 0 aromatic rings. The second kappa shape index (κ2) is 3.86. The molecular formula is C5H4F5IO. The fourth-order valence-electron chi connectivity index (χ4n) is 0.324. The minimum absolute atomic E-state index is 0.312. The third kappa shape index (κ3) is 3.21. The van der Waals surface area contributed by atoms with Gasteiger partial charge in [-0.05, 0) is 22.6 Å². The summed E-state index contributed by atoms with van der Waals surface area (Å²) < 4.78 is 58.0. The fourth-order valence-corrected chi connectivity index (χ4v) is 0.715. The summed E-state index contributed by atoms with van der Waals surface area (Å²) in [6, 6.07) is 0. The Hall–Kier alpha value is 0.0800. The van der Waals surface area contributed by atoms with Gasteiger partial charge in [-0.2, -0.15) is 22.0 Å². The van der Waals surface area contributed by atoms with E-state index in [0.29, 0.717) is 0 Å². The first-order valence-electron chi connectivity index (χ1n) is 2.63. The molecule has 0 saturated heterocycles. The second-order valence-corrected chi connectivity index (χ2v) is 3.26. The normalized spacial score (nSPS) is 15.1. The maximum absolute atomic E-state index is 12.1. The van der Waals surface area contributed by atoms with E-state index in [1.54, 1.807) is 0 Å². The topological polar surface area (TPSA) is 20.2 Å². The van der Waals surface area contributed by atoms with Gasteiger partial charge in [-0.1, -0.05) is 0 Å². The largest absolute Gasteiger partial charge is 0.457 e. The molecule has 72 valence electrons. The molecule has 0 fully saturated rings. The Morgan fingerprint density at radius 2 is 1.67 bits per heavy atom. The molecule has 0 radical (unpaired) electrons. The zero-order valence-corrected chi connectivity index (χ0v) is 7.66. The van der Waals surface area contributed by atoms with Crippen molar-refractivity contribution in [3.63, 3.8) is 0 Å². The van der Waals surface area contributed by atoms with Crippen LogP contribution in [-0.2, 0) is 0 Å². The van der Waals surface area contributed by atoms with Gasteiger partial charge < -0.3 is 5.11 Å². The zero-order chi connectivity index (χ0) is 9.99. The first-order valence-corrected chi connectivity index (χ1v) is 3.71. The highest BCUT2D eigenvalue weighted by Gasteiger charge is 2.55. The minimum atomic E-state index is -5.60. The zero-order valence-electron chi connectivity index (χ0n) is 5.50. The number of rotatable bonds is 2. The molecule has 0 unspecified atom stereocenters. The van der Waals surface area contributed by atoms with Crippen molar-refractivity contribution in [2.24, 2.45) is 0 Å². The van der Waals surface area contributed by atoms with Gasteiger partial charge in [0.15, 0.2) is 0 Å². The van der Waals surface area contributed by atoms with Crippen molar-refractivity contribution >= 4 is 22.6 Å². The monoisotopic (exact) mass is 302 g/mol. The predicted octanol–water partition coefficient (Wildman–Crippen LogP) is 2.50. The summed E-state index contributed by atoms with van der Waals surface area (Å²) in [4.78, 5) is 0. The van der Waals surface area contributed by atoms with Crippen LogP contribution in [0.25, 0.3) is 0 Å². The SMILES string of the molecule is OCC(I)=CC(F)(F)C(F)(F)F. The minimum Gasteiger partial charge on any atom is -0.391 e. The van der Waals surface area contributed by atoms with Crippen molar-refractivity contribution in [1.82, 2.24) is 0 Å². The Morgan fingerprint density at radius 3 is 1.92 bits per heavy atom. The van der Waals surface area contributed by atoms with Crippen LogP contribution in [0.15, 0.2) is 9.66 Å². The van der Waals surface area contributed by atoms with Crippen molar-refractivity contribution in [3.05, 3.63) is 9.66 Å². The number of aliphatic hydroxyl groups is 1. The lowest BCUT2D eigenvalue weighted by atomic mass is 10.3. The van der Waals surface area contributed by atoms with Gasteiger partial charge in [0.2, 0.25) is 0 Å². The summed E-state index contributed by atoms with van der Waals surface area (Å²) in [6.45, 7) is -0.827. The van der Waals surface area contributed by atoms with Crippen LogP contribution in [0.4, 0.5) is 22.0 Å². The Kier molecular flexibility index (Phi) is 3.88. The number of aliphatic hydroxyl groups excluding tert-OH is 1. The van der Waals surface area contributed by atoms with Gasteiger partial charge in [-0.3, -0.25) is 0 Å². The molecule has 0 rings (SSSR count). The van der Waals surface area contributed by atoms with E-state index >= 15 is 0 Å². The number of halogens is 6. The second-order valence-electron chi connectivity index (χ2n) is 1.87. The molecule has 0 atom stereocenters. The van der Waals surface area contributed by atoms with Crippen LogP contribution in [0.1, 0.15) is 0 Å². The molecule has 0 aromatic heterocycles. The van der Waals surface area contributed by atoms with E-state index in [2.05, 4.69) is 0 Å². The van der Waals surface area contributed by atoms with Gasteiger partial charge in [0.05, 0.1) is 6.61 Å². The molecule has 0 aliphatic heterocycles. The summed E-state index contributed by atoms with van der Waals surface area (Å²) in [7, 11) is 0. The molecule has 7 heteroatoms. The Balaban J connectivity index is 4.64.